The van der Waals surface area contributed by atoms with Crippen LogP contribution in [-0.2, 0) is 13.1 Å². The molecule has 148 valence electrons. The van der Waals surface area contributed by atoms with Gasteiger partial charge in [0.1, 0.15) is 12.1 Å². The van der Waals surface area contributed by atoms with Gasteiger partial charge in [-0.25, -0.2) is 14.6 Å². The van der Waals surface area contributed by atoms with Gasteiger partial charge in [0.2, 0.25) is 0 Å². The van der Waals surface area contributed by atoms with Crippen molar-refractivity contribution in [2.75, 3.05) is 11.5 Å². The van der Waals surface area contributed by atoms with Crippen LogP contribution in [-0.4, -0.2) is 48.7 Å². The molecule has 8 heteroatoms. The van der Waals surface area contributed by atoms with E-state index in [1.54, 1.807) is 17.2 Å². The number of hydrogen-bond acceptors (Lipinski definition) is 6. The van der Waals surface area contributed by atoms with Gasteiger partial charge in [0.15, 0.2) is 5.65 Å². The Labute approximate surface area is 168 Å². The molecule has 28 heavy (non-hydrogen) atoms. The molecule has 0 aliphatic heterocycles. The van der Waals surface area contributed by atoms with Crippen molar-refractivity contribution in [3.05, 3.63) is 47.4 Å². The Kier molecular flexibility index (Phi) is 5.75. The molecule has 2 N–H and O–H groups in total. The predicted octanol–water partition coefficient (Wildman–Crippen LogP) is 2.78. The molecule has 0 radical (unpaired) electrons. The van der Waals surface area contributed by atoms with Crippen molar-refractivity contribution in [3.63, 3.8) is 0 Å². The highest BCUT2D eigenvalue weighted by Gasteiger charge is 2.26. The molecule has 2 heterocycles. The van der Waals surface area contributed by atoms with E-state index in [0.717, 1.165) is 34.6 Å². The number of fused-ring (bicyclic) bond motifs is 1. The van der Waals surface area contributed by atoms with E-state index in [1.165, 1.54) is 12.8 Å². The van der Waals surface area contributed by atoms with Crippen molar-refractivity contribution >= 4 is 28.5 Å². The Morgan fingerprint density at radius 3 is 2.82 bits per heavy atom. The van der Waals surface area contributed by atoms with Crippen molar-refractivity contribution in [2.45, 2.75) is 50.9 Å². The van der Waals surface area contributed by atoms with E-state index in [0.29, 0.717) is 18.2 Å². The van der Waals surface area contributed by atoms with Gasteiger partial charge in [-0.05, 0) is 30.5 Å². The lowest BCUT2D eigenvalue weighted by Gasteiger charge is -2.30. The number of benzene rings is 1. The second kappa shape index (κ2) is 8.43. The zero-order chi connectivity index (χ0) is 19.5. The second-order valence-electron chi connectivity index (χ2n) is 7.29. The molecule has 0 bridgehead atoms. The summed E-state index contributed by atoms with van der Waals surface area (Å²) in [4.78, 5) is 11.3. The molecule has 1 aliphatic carbocycles. The van der Waals surface area contributed by atoms with Gasteiger partial charge < -0.3 is 15.1 Å². The Balaban J connectivity index is 1.72. The molecule has 4 rings (SSSR count). The zero-order valence-corrected chi connectivity index (χ0v) is 16.3. The normalized spacial score (nSPS) is 16.0. The third kappa shape index (κ3) is 3.97. The maximum Gasteiger partial charge on any atom is 0.163 e. The number of aliphatic hydroxyl groups excluding tert-OH is 2. The fourth-order valence-corrected chi connectivity index (χ4v) is 4.14. The van der Waals surface area contributed by atoms with Crippen LogP contribution < -0.4 is 4.90 Å². The lowest BCUT2D eigenvalue weighted by molar-refractivity contribution is 0.0792. The minimum absolute atomic E-state index is 0.189. The summed E-state index contributed by atoms with van der Waals surface area (Å²) in [5, 5.41) is 24.9. The Morgan fingerprint density at radius 1 is 1.25 bits per heavy atom. The molecule has 1 saturated carbocycles. The number of halogens is 1. The monoisotopic (exact) mass is 401 g/mol. The van der Waals surface area contributed by atoms with Crippen LogP contribution in [0.3, 0.4) is 0 Å². The standard InChI is InChI=1S/C20H24ClN5O2/c21-15-5-3-4-14(8-15)10-25(16-6-1-2-7-16)19-18-9-24-26(11-17(28)12-27)20(18)23-13-22-19/h3-5,8-9,13,16-17,27-28H,1-2,6-7,10-12H2. The van der Waals surface area contributed by atoms with Crippen LogP contribution in [0.15, 0.2) is 36.8 Å². The molecular weight excluding hydrogens is 378 g/mol. The molecular formula is C20H24ClN5O2. The van der Waals surface area contributed by atoms with E-state index in [1.807, 2.05) is 18.2 Å². The first-order valence-corrected chi connectivity index (χ1v) is 10.00. The summed E-state index contributed by atoms with van der Waals surface area (Å²) in [6.07, 6.45) is 7.10. The van der Waals surface area contributed by atoms with Crippen molar-refractivity contribution < 1.29 is 10.2 Å². The largest absolute Gasteiger partial charge is 0.394 e. The maximum absolute atomic E-state index is 9.78. The van der Waals surface area contributed by atoms with E-state index in [2.05, 4.69) is 26.0 Å². The zero-order valence-electron chi connectivity index (χ0n) is 15.6. The van der Waals surface area contributed by atoms with Crippen LogP contribution in [0.5, 0.6) is 0 Å². The quantitative estimate of drug-likeness (QED) is 0.633. The maximum atomic E-state index is 9.78. The van der Waals surface area contributed by atoms with Gasteiger partial charge in [0, 0.05) is 17.6 Å². The summed E-state index contributed by atoms with van der Waals surface area (Å²) in [5.74, 6) is 0.849. The summed E-state index contributed by atoms with van der Waals surface area (Å²) in [5.41, 5.74) is 1.79. The van der Waals surface area contributed by atoms with Crippen molar-refractivity contribution in [3.8, 4) is 0 Å². The smallest absolute Gasteiger partial charge is 0.163 e. The molecule has 0 spiro atoms. The van der Waals surface area contributed by atoms with Gasteiger partial charge >= 0.3 is 0 Å². The first-order valence-electron chi connectivity index (χ1n) is 9.62. The summed E-state index contributed by atoms with van der Waals surface area (Å²) < 4.78 is 1.62. The van der Waals surface area contributed by atoms with Crippen molar-refractivity contribution in [1.29, 1.82) is 0 Å². The Morgan fingerprint density at radius 2 is 2.07 bits per heavy atom. The molecule has 3 aromatic rings. The number of aliphatic hydroxyl groups is 2. The predicted molar refractivity (Wildman–Crippen MR) is 108 cm³/mol. The first kappa shape index (κ1) is 19.1. The van der Waals surface area contributed by atoms with Crippen LogP contribution in [0.1, 0.15) is 31.2 Å². The van der Waals surface area contributed by atoms with Gasteiger partial charge in [-0.1, -0.05) is 36.6 Å². The van der Waals surface area contributed by atoms with Gasteiger partial charge in [-0.3, -0.25) is 0 Å². The molecule has 1 aromatic carbocycles. The highest BCUT2D eigenvalue weighted by molar-refractivity contribution is 6.30. The minimum atomic E-state index is -0.876. The summed E-state index contributed by atoms with van der Waals surface area (Å²) >= 11 is 6.19. The van der Waals surface area contributed by atoms with Crippen LogP contribution in [0.4, 0.5) is 5.82 Å². The van der Waals surface area contributed by atoms with Crippen molar-refractivity contribution in [2.24, 2.45) is 0 Å². The number of rotatable bonds is 7. The summed E-state index contributed by atoms with van der Waals surface area (Å²) in [7, 11) is 0. The van der Waals surface area contributed by atoms with Crippen LogP contribution in [0.25, 0.3) is 11.0 Å². The van der Waals surface area contributed by atoms with Crippen molar-refractivity contribution in [1.82, 2.24) is 19.7 Å². The average Bonchev–Trinajstić information content (AvgIpc) is 3.36. The third-order valence-electron chi connectivity index (χ3n) is 5.29. The molecule has 0 saturated heterocycles. The summed E-state index contributed by atoms with van der Waals surface area (Å²) in [6, 6.07) is 8.32. The van der Waals surface area contributed by atoms with Crippen LogP contribution >= 0.6 is 11.6 Å². The highest BCUT2D eigenvalue weighted by Crippen LogP contribution is 2.32. The molecule has 1 unspecified atom stereocenters. The second-order valence-corrected chi connectivity index (χ2v) is 7.73. The number of anilines is 1. The van der Waals surface area contributed by atoms with Gasteiger partial charge in [-0.15, -0.1) is 0 Å². The number of aromatic nitrogens is 4. The fourth-order valence-electron chi connectivity index (χ4n) is 3.93. The van der Waals surface area contributed by atoms with E-state index in [9.17, 15) is 5.11 Å². The lowest BCUT2D eigenvalue weighted by Crippen LogP contribution is -2.33. The van der Waals surface area contributed by atoms with Crippen LogP contribution in [0.2, 0.25) is 5.02 Å². The molecule has 0 amide bonds. The van der Waals surface area contributed by atoms with Gasteiger partial charge in [-0.2, -0.15) is 5.10 Å². The number of hydrogen-bond donors (Lipinski definition) is 2. The average molecular weight is 402 g/mol. The molecule has 2 aromatic heterocycles. The van der Waals surface area contributed by atoms with E-state index >= 15 is 0 Å². The highest BCUT2D eigenvalue weighted by atomic mass is 35.5. The SMILES string of the molecule is OCC(O)Cn1ncc2c(N(Cc3cccc(Cl)c3)C3CCCC3)ncnc21. The molecule has 1 aliphatic rings. The molecule has 7 nitrogen and oxygen atoms in total. The fraction of sp³-hybridized carbons (Fsp3) is 0.450. The number of nitrogens with zero attached hydrogens (tertiary/aromatic N) is 5. The van der Waals surface area contributed by atoms with Crippen LogP contribution in [0, 0.1) is 0 Å². The molecule has 1 fully saturated rings. The van der Waals surface area contributed by atoms with Gasteiger partial charge in [0.25, 0.3) is 0 Å². The first-order chi connectivity index (χ1) is 13.7. The topological polar surface area (TPSA) is 87.3 Å². The molecule has 1 atom stereocenters. The minimum Gasteiger partial charge on any atom is -0.394 e. The Bertz CT molecular complexity index is 941. The lowest BCUT2D eigenvalue weighted by atomic mass is 10.1. The van der Waals surface area contributed by atoms with E-state index in [-0.39, 0.29) is 13.2 Å². The van der Waals surface area contributed by atoms with E-state index < -0.39 is 6.10 Å². The van der Waals surface area contributed by atoms with E-state index in [4.69, 9.17) is 16.7 Å². The third-order valence-corrected chi connectivity index (χ3v) is 5.52. The van der Waals surface area contributed by atoms with Gasteiger partial charge in [0.05, 0.1) is 30.8 Å². The Hall–Kier alpha value is -2.22. The summed E-state index contributed by atoms with van der Waals surface area (Å²) in [6.45, 7) is 0.582.